The molecule has 0 saturated heterocycles. The Bertz CT molecular complexity index is 848. The Morgan fingerprint density at radius 1 is 1.33 bits per heavy atom. The highest BCUT2D eigenvalue weighted by atomic mass is 35.5. The number of benzene rings is 2. The molecule has 0 bridgehead atoms. The Hall–Kier alpha value is -2.18. The Labute approximate surface area is 148 Å². The number of hydrogen-bond acceptors (Lipinski definition) is 5. The van der Waals surface area contributed by atoms with Crippen LogP contribution in [-0.4, -0.2) is 23.3 Å². The van der Waals surface area contributed by atoms with Gasteiger partial charge >= 0.3 is 0 Å². The van der Waals surface area contributed by atoms with Gasteiger partial charge in [0, 0.05) is 5.69 Å². The quantitative estimate of drug-likeness (QED) is 0.671. The molecule has 0 aliphatic heterocycles. The number of rotatable bonds is 5. The number of amides is 1. The molecule has 1 unspecified atom stereocenters. The first-order chi connectivity index (χ1) is 11.6. The number of thioether (sulfide) groups is 1. The van der Waals surface area contributed by atoms with Gasteiger partial charge in [0.15, 0.2) is 5.58 Å². The zero-order valence-electron chi connectivity index (χ0n) is 13.1. The minimum atomic E-state index is -0.376. The third-order valence-corrected chi connectivity index (χ3v) is 4.58. The number of ether oxygens (including phenoxy) is 1. The Morgan fingerprint density at radius 2 is 2.12 bits per heavy atom. The van der Waals surface area contributed by atoms with Crippen LogP contribution in [0.4, 0.5) is 5.69 Å². The highest BCUT2D eigenvalue weighted by molar-refractivity contribution is 8.00. The molecule has 0 fully saturated rings. The Kier molecular flexibility index (Phi) is 4.97. The third kappa shape index (κ3) is 3.66. The summed E-state index contributed by atoms with van der Waals surface area (Å²) in [5.41, 5.74) is 2.08. The van der Waals surface area contributed by atoms with E-state index in [1.807, 2.05) is 24.3 Å². The lowest BCUT2D eigenvalue weighted by atomic mass is 10.3. The molecular weight excluding hydrogens is 348 g/mol. The van der Waals surface area contributed by atoms with Gasteiger partial charge in [-0.3, -0.25) is 4.79 Å². The highest BCUT2D eigenvalue weighted by Crippen LogP contribution is 2.29. The molecule has 3 rings (SSSR count). The van der Waals surface area contributed by atoms with Gasteiger partial charge in [0.2, 0.25) is 5.91 Å². The van der Waals surface area contributed by atoms with Crippen LogP contribution in [0.15, 0.2) is 52.1 Å². The third-order valence-electron chi connectivity index (χ3n) is 3.34. The molecule has 5 nitrogen and oxygen atoms in total. The largest absolute Gasteiger partial charge is 0.495 e. The van der Waals surface area contributed by atoms with Gasteiger partial charge in [0.25, 0.3) is 5.22 Å². The van der Waals surface area contributed by atoms with Crippen molar-refractivity contribution in [1.82, 2.24) is 4.98 Å². The van der Waals surface area contributed by atoms with Gasteiger partial charge in [-0.05, 0) is 37.3 Å². The van der Waals surface area contributed by atoms with Crippen molar-refractivity contribution in [2.24, 2.45) is 0 Å². The standard InChI is InChI=1S/C17H15ClN2O3S/c1-10(24-17-20-13-5-3-4-6-15(13)23-17)16(21)19-11-7-8-14(22-2)12(18)9-11/h3-10H,1-2H3,(H,19,21). The number of carbonyl (C=O) groups excluding carboxylic acids is 1. The van der Waals surface area contributed by atoms with Crippen molar-refractivity contribution in [3.63, 3.8) is 0 Å². The summed E-state index contributed by atoms with van der Waals surface area (Å²) in [5.74, 6) is 0.395. The van der Waals surface area contributed by atoms with Crippen molar-refractivity contribution in [2.75, 3.05) is 12.4 Å². The molecule has 0 aliphatic rings. The van der Waals surface area contributed by atoms with Gasteiger partial charge in [-0.2, -0.15) is 0 Å². The van der Waals surface area contributed by atoms with Gasteiger partial charge in [-0.15, -0.1) is 0 Å². The zero-order chi connectivity index (χ0) is 17.1. The number of oxazole rings is 1. The van der Waals surface area contributed by atoms with E-state index >= 15 is 0 Å². The fraction of sp³-hybridized carbons (Fsp3) is 0.176. The summed E-state index contributed by atoms with van der Waals surface area (Å²) in [6.07, 6.45) is 0. The first-order valence-corrected chi connectivity index (χ1v) is 8.49. The Morgan fingerprint density at radius 3 is 2.83 bits per heavy atom. The number of hydrogen-bond donors (Lipinski definition) is 1. The van der Waals surface area contributed by atoms with Gasteiger partial charge in [-0.1, -0.05) is 35.5 Å². The van der Waals surface area contributed by atoms with E-state index in [0.29, 0.717) is 27.3 Å². The molecule has 0 saturated carbocycles. The smallest absolute Gasteiger partial charge is 0.257 e. The van der Waals surface area contributed by atoms with E-state index < -0.39 is 0 Å². The van der Waals surface area contributed by atoms with Gasteiger partial charge in [0.1, 0.15) is 11.3 Å². The highest BCUT2D eigenvalue weighted by Gasteiger charge is 2.18. The lowest BCUT2D eigenvalue weighted by Gasteiger charge is -2.11. The van der Waals surface area contributed by atoms with Crippen LogP contribution in [0.25, 0.3) is 11.1 Å². The molecule has 3 aromatic rings. The summed E-state index contributed by atoms with van der Waals surface area (Å²) in [5, 5.41) is 3.35. The number of nitrogens with one attached hydrogen (secondary N) is 1. The second-order valence-electron chi connectivity index (χ2n) is 5.05. The van der Waals surface area contributed by atoms with Crippen molar-refractivity contribution in [3.05, 3.63) is 47.5 Å². The van der Waals surface area contributed by atoms with E-state index in [9.17, 15) is 4.79 Å². The number of halogens is 1. The molecular formula is C17H15ClN2O3S. The molecule has 0 aliphatic carbocycles. The van der Waals surface area contributed by atoms with Crippen LogP contribution < -0.4 is 10.1 Å². The average Bonchev–Trinajstić information content (AvgIpc) is 2.97. The van der Waals surface area contributed by atoms with Crippen LogP contribution in [0.5, 0.6) is 5.75 Å². The van der Waals surface area contributed by atoms with Crippen LogP contribution in [0.3, 0.4) is 0 Å². The van der Waals surface area contributed by atoms with Crippen LogP contribution in [-0.2, 0) is 4.79 Å². The van der Waals surface area contributed by atoms with Gasteiger partial charge in [0.05, 0.1) is 17.4 Å². The molecule has 0 radical (unpaired) electrons. The van der Waals surface area contributed by atoms with Crippen molar-refractivity contribution < 1.29 is 13.9 Å². The van der Waals surface area contributed by atoms with Gasteiger partial charge < -0.3 is 14.5 Å². The van der Waals surface area contributed by atoms with E-state index in [0.717, 1.165) is 5.52 Å². The maximum absolute atomic E-state index is 12.3. The minimum Gasteiger partial charge on any atom is -0.495 e. The van der Waals surface area contributed by atoms with E-state index in [1.54, 1.807) is 32.2 Å². The first-order valence-electron chi connectivity index (χ1n) is 7.23. The van der Waals surface area contributed by atoms with Crippen molar-refractivity contribution in [1.29, 1.82) is 0 Å². The molecule has 1 heterocycles. The summed E-state index contributed by atoms with van der Waals surface area (Å²) < 4.78 is 10.7. The summed E-state index contributed by atoms with van der Waals surface area (Å²) in [7, 11) is 1.54. The average molecular weight is 363 g/mol. The molecule has 0 spiro atoms. The lowest BCUT2D eigenvalue weighted by molar-refractivity contribution is -0.115. The Balaban J connectivity index is 1.67. The predicted octanol–water partition coefficient (Wildman–Crippen LogP) is 4.61. The van der Waals surface area contributed by atoms with Crippen molar-refractivity contribution in [2.45, 2.75) is 17.4 Å². The van der Waals surface area contributed by atoms with Crippen molar-refractivity contribution >= 4 is 46.1 Å². The normalized spacial score (nSPS) is 12.1. The number of para-hydroxylation sites is 2. The summed E-state index contributed by atoms with van der Waals surface area (Å²) in [4.78, 5) is 16.7. The van der Waals surface area contributed by atoms with Gasteiger partial charge in [-0.25, -0.2) is 4.98 Å². The molecule has 24 heavy (non-hydrogen) atoms. The van der Waals surface area contributed by atoms with Crippen molar-refractivity contribution in [3.8, 4) is 5.75 Å². The summed E-state index contributed by atoms with van der Waals surface area (Å²) in [6, 6.07) is 12.6. The van der Waals surface area contributed by atoms with Crippen LogP contribution in [0.2, 0.25) is 5.02 Å². The maximum Gasteiger partial charge on any atom is 0.257 e. The number of anilines is 1. The lowest BCUT2D eigenvalue weighted by Crippen LogP contribution is -2.22. The molecule has 7 heteroatoms. The topological polar surface area (TPSA) is 64.4 Å². The minimum absolute atomic E-state index is 0.163. The first kappa shape index (κ1) is 16.7. The number of methoxy groups -OCH3 is 1. The molecule has 1 amide bonds. The van der Waals surface area contributed by atoms with Crippen LogP contribution in [0, 0.1) is 0 Å². The summed E-state index contributed by atoms with van der Waals surface area (Å²) in [6.45, 7) is 1.79. The van der Waals surface area contributed by atoms with Crippen LogP contribution >= 0.6 is 23.4 Å². The fourth-order valence-electron chi connectivity index (χ4n) is 2.09. The fourth-order valence-corrected chi connectivity index (χ4v) is 3.11. The number of aromatic nitrogens is 1. The van der Waals surface area contributed by atoms with E-state index in [-0.39, 0.29) is 11.2 Å². The SMILES string of the molecule is COc1ccc(NC(=O)C(C)Sc2nc3ccccc3o2)cc1Cl. The van der Waals surface area contributed by atoms with Crippen LogP contribution in [0.1, 0.15) is 6.92 Å². The predicted molar refractivity (Wildman–Crippen MR) is 96.0 cm³/mol. The zero-order valence-corrected chi connectivity index (χ0v) is 14.6. The molecule has 1 N–H and O–H groups in total. The summed E-state index contributed by atoms with van der Waals surface area (Å²) >= 11 is 7.32. The maximum atomic E-state index is 12.3. The molecule has 1 aromatic heterocycles. The second-order valence-corrected chi connectivity index (χ2v) is 6.75. The number of carbonyl (C=O) groups is 1. The van der Waals surface area contributed by atoms with E-state index in [1.165, 1.54) is 11.8 Å². The van der Waals surface area contributed by atoms with E-state index in [4.69, 9.17) is 20.8 Å². The number of nitrogens with zero attached hydrogens (tertiary/aromatic N) is 1. The molecule has 2 aromatic carbocycles. The molecule has 1 atom stereocenters. The monoisotopic (exact) mass is 362 g/mol. The number of fused-ring (bicyclic) bond motifs is 1. The molecule has 124 valence electrons. The van der Waals surface area contributed by atoms with E-state index in [2.05, 4.69) is 10.3 Å². The second kappa shape index (κ2) is 7.15.